The normalized spacial score (nSPS) is 16.0. The molecule has 0 aliphatic carbocycles. The van der Waals surface area contributed by atoms with Crippen LogP contribution < -0.4 is 9.47 Å². The molecule has 7 nitrogen and oxygen atoms in total. The second-order valence-corrected chi connectivity index (χ2v) is 10.1. The smallest absolute Gasteiger partial charge is 0.295 e. The van der Waals surface area contributed by atoms with Crippen molar-refractivity contribution >= 4 is 17.4 Å². The third-order valence-electron chi connectivity index (χ3n) is 7.14. The van der Waals surface area contributed by atoms with Crippen molar-refractivity contribution in [2.24, 2.45) is 0 Å². The molecule has 42 heavy (non-hydrogen) atoms. The molecule has 0 unspecified atom stereocenters. The average Bonchev–Trinajstić information content (AvgIpc) is 3.26. The zero-order valence-electron chi connectivity index (χ0n) is 23.7. The highest BCUT2D eigenvalue weighted by Crippen LogP contribution is 2.41. The molecule has 1 fully saturated rings. The van der Waals surface area contributed by atoms with E-state index in [2.05, 4.69) is 0 Å². The van der Waals surface area contributed by atoms with E-state index in [0.29, 0.717) is 53.6 Å². The first-order valence-electron chi connectivity index (χ1n) is 13.8. The van der Waals surface area contributed by atoms with Crippen LogP contribution in [-0.4, -0.2) is 42.0 Å². The number of para-hydroxylation sites is 1. The summed E-state index contributed by atoms with van der Waals surface area (Å²) in [6.45, 7) is 2.95. The summed E-state index contributed by atoms with van der Waals surface area (Å²) in [5.41, 5.74) is 2.90. The largest absolute Gasteiger partial charge is 0.507 e. The Labute approximate surface area is 245 Å². The lowest BCUT2D eigenvalue weighted by molar-refractivity contribution is -0.140. The summed E-state index contributed by atoms with van der Waals surface area (Å²) < 4.78 is 17.2. The molecule has 1 atom stereocenters. The number of hydrogen-bond donors (Lipinski definition) is 1. The average molecular weight is 564 g/mol. The number of aryl methyl sites for hydroxylation is 1. The third-order valence-corrected chi connectivity index (χ3v) is 7.14. The topological polar surface area (TPSA) is 85.3 Å². The van der Waals surface area contributed by atoms with Crippen LogP contribution in [0.15, 0.2) is 109 Å². The number of rotatable bonds is 11. The summed E-state index contributed by atoms with van der Waals surface area (Å²) >= 11 is 0. The summed E-state index contributed by atoms with van der Waals surface area (Å²) in [4.78, 5) is 28.3. The maximum Gasteiger partial charge on any atom is 0.295 e. The fraction of sp³-hybridized carbons (Fsp3) is 0.200. The van der Waals surface area contributed by atoms with Crippen molar-refractivity contribution < 1.29 is 28.9 Å². The van der Waals surface area contributed by atoms with Gasteiger partial charge >= 0.3 is 0 Å². The molecule has 0 radical (unpaired) electrons. The number of hydrogen-bond acceptors (Lipinski definition) is 6. The number of amides is 1. The number of aliphatic hydroxyl groups is 1. The van der Waals surface area contributed by atoms with Crippen molar-refractivity contribution in [3.63, 3.8) is 0 Å². The van der Waals surface area contributed by atoms with E-state index in [-0.39, 0.29) is 17.9 Å². The molecular formula is C35H33NO6. The number of aliphatic hydroxyl groups excluding tert-OH is 1. The van der Waals surface area contributed by atoms with E-state index >= 15 is 0 Å². The van der Waals surface area contributed by atoms with Crippen LogP contribution in [0.5, 0.6) is 17.2 Å². The van der Waals surface area contributed by atoms with Crippen molar-refractivity contribution in [3.8, 4) is 17.2 Å². The number of methoxy groups -OCH3 is 1. The van der Waals surface area contributed by atoms with Crippen molar-refractivity contribution in [1.29, 1.82) is 0 Å². The van der Waals surface area contributed by atoms with Gasteiger partial charge in [-0.2, -0.15) is 0 Å². The van der Waals surface area contributed by atoms with Gasteiger partial charge in [0.1, 0.15) is 29.6 Å². The summed E-state index contributed by atoms with van der Waals surface area (Å²) in [7, 11) is 1.59. The maximum absolute atomic E-state index is 13.5. The van der Waals surface area contributed by atoms with Gasteiger partial charge in [-0.1, -0.05) is 60.7 Å². The minimum atomic E-state index is -0.797. The Morgan fingerprint density at radius 2 is 1.55 bits per heavy atom. The molecule has 1 heterocycles. The highest BCUT2D eigenvalue weighted by Gasteiger charge is 2.46. The number of ketones is 1. The summed E-state index contributed by atoms with van der Waals surface area (Å²) in [6.07, 6.45) is 0.534. The number of nitrogens with zero attached hydrogens (tertiary/aromatic N) is 1. The van der Waals surface area contributed by atoms with Crippen LogP contribution in [0.4, 0.5) is 0 Å². The Morgan fingerprint density at radius 3 is 2.26 bits per heavy atom. The van der Waals surface area contributed by atoms with Crippen LogP contribution in [0.3, 0.4) is 0 Å². The molecule has 1 aliphatic rings. The Bertz CT molecular complexity index is 1580. The van der Waals surface area contributed by atoms with Gasteiger partial charge in [0.25, 0.3) is 11.7 Å². The molecule has 0 aromatic heterocycles. The lowest BCUT2D eigenvalue weighted by Crippen LogP contribution is -2.31. The Hall–Kier alpha value is -4.88. The van der Waals surface area contributed by atoms with E-state index in [9.17, 15) is 14.7 Å². The first kappa shape index (κ1) is 28.6. The van der Waals surface area contributed by atoms with Crippen molar-refractivity contribution in [2.75, 3.05) is 20.3 Å². The van der Waals surface area contributed by atoms with Gasteiger partial charge in [-0.3, -0.25) is 9.59 Å². The van der Waals surface area contributed by atoms with Gasteiger partial charge in [0.05, 0.1) is 11.6 Å². The van der Waals surface area contributed by atoms with Crippen molar-refractivity contribution in [2.45, 2.75) is 26.0 Å². The first-order chi connectivity index (χ1) is 20.5. The molecule has 4 aromatic rings. The van der Waals surface area contributed by atoms with Gasteiger partial charge < -0.3 is 24.2 Å². The summed E-state index contributed by atoms with van der Waals surface area (Å²) in [6, 6.07) is 30.9. The number of Topliss-reactive ketones (excluding diaryl/α,β-unsaturated/α-hetero) is 1. The highest BCUT2D eigenvalue weighted by atomic mass is 16.5. The highest BCUT2D eigenvalue weighted by molar-refractivity contribution is 6.46. The molecule has 7 heteroatoms. The molecule has 0 saturated carbocycles. The van der Waals surface area contributed by atoms with Gasteiger partial charge in [-0.15, -0.1) is 0 Å². The van der Waals surface area contributed by atoms with Gasteiger partial charge in [0, 0.05) is 25.8 Å². The van der Waals surface area contributed by atoms with Crippen LogP contribution in [0.2, 0.25) is 0 Å². The lowest BCUT2D eigenvalue weighted by Gasteiger charge is -2.25. The summed E-state index contributed by atoms with van der Waals surface area (Å²) in [5.74, 6) is 0.233. The second-order valence-electron chi connectivity index (χ2n) is 10.1. The fourth-order valence-electron chi connectivity index (χ4n) is 5.09. The number of carbonyl (C=O) groups excluding carboxylic acids is 2. The molecule has 5 rings (SSSR count). The van der Waals surface area contributed by atoms with Crippen LogP contribution in [0.1, 0.15) is 34.7 Å². The molecule has 1 amide bonds. The fourth-order valence-corrected chi connectivity index (χ4v) is 5.09. The van der Waals surface area contributed by atoms with E-state index in [0.717, 1.165) is 5.56 Å². The Morgan fingerprint density at radius 1 is 0.833 bits per heavy atom. The molecular weight excluding hydrogens is 530 g/mol. The predicted molar refractivity (Wildman–Crippen MR) is 160 cm³/mol. The van der Waals surface area contributed by atoms with E-state index in [4.69, 9.17) is 14.2 Å². The third kappa shape index (κ3) is 6.37. The van der Waals surface area contributed by atoms with E-state index in [1.54, 1.807) is 25.3 Å². The molecule has 1 aliphatic heterocycles. The molecule has 1 N–H and O–H groups in total. The quantitative estimate of drug-likeness (QED) is 0.0933. The zero-order chi connectivity index (χ0) is 29.5. The molecule has 1 saturated heterocycles. The number of ether oxygens (including phenoxy) is 3. The van der Waals surface area contributed by atoms with Crippen LogP contribution in [-0.2, 0) is 20.9 Å². The first-order valence-corrected chi connectivity index (χ1v) is 13.8. The lowest BCUT2D eigenvalue weighted by atomic mass is 9.93. The predicted octanol–water partition coefficient (Wildman–Crippen LogP) is 6.82. The molecule has 0 bridgehead atoms. The maximum atomic E-state index is 13.5. The van der Waals surface area contributed by atoms with Crippen molar-refractivity contribution in [3.05, 3.63) is 131 Å². The van der Waals surface area contributed by atoms with Gasteiger partial charge in [0.2, 0.25) is 0 Å². The second kappa shape index (κ2) is 13.2. The number of carbonyl (C=O) groups is 2. The zero-order valence-corrected chi connectivity index (χ0v) is 23.7. The Balaban J connectivity index is 1.50. The minimum absolute atomic E-state index is 0.0373. The standard InChI is InChI=1S/C35H33NO6/c1-24-21-28(41-23-25-11-5-3-6-12-25)17-18-30(24)33(37)31-32(36(19-10-20-40-2)35(39)34(31)38)26-13-9-16-29(22-26)42-27-14-7-4-8-15-27/h3-9,11-18,21-22,32,37H,10,19-20,23H2,1-2H3/t32-/m0/s1. The van der Waals surface area contributed by atoms with Gasteiger partial charge in [-0.05, 0) is 72.5 Å². The van der Waals surface area contributed by atoms with Gasteiger partial charge in [-0.25, -0.2) is 0 Å². The van der Waals surface area contributed by atoms with E-state index in [1.807, 2.05) is 91.9 Å². The minimum Gasteiger partial charge on any atom is -0.507 e. The Kier molecular flexibility index (Phi) is 8.99. The van der Waals surface area contributed by atoms with Crippen LogP contribution >= 0.6 is 0 Å². The van der Waals surface area contributed by atoms with Gasteiger partial charge in [0.15, 0.2) is 0 Å². The van der Waals surface area contributed by atoms with E-state index < -0.39 is 17.7 Å². The number of likely N-dealkylation sites (tertiary alicyclic amines) is 1. The molecule has 214 valence electrons. The molecule has 4 aromatic carbocycles. The van der Waals surface area contributed by atoms with Crippen molar-refractivity contribution in [1.82, 2.24) is 4.90 Å². The monoisotopic (exact) mass is 563 g/mol. The SMILES string of the molecule is COCCCN1C(=O)C(=O)C(=C(O)c2ccc(OCc3ccccc3)cc2C)[C@@H]1c1cccc(Oc2ccccc2)c1. The van der Waals surface area contributed by atoms with Crippen LogP contribution in [0.25, 0.3) is 5.76 Å². The van der Waals surface area contributed by atoms with E-state index in [1.165, 1.54) is 4.90 Å². The summed E-state index contributed by atoms with van der Waals surface area (Å²) in [5, 5.41) is 11.6. The number of benzene rings is 4. The van der Waals surface area contributed by atoms with Crippen LogP contribution in [0, 0.1) is 6.92 Å². The molecule has 0 spiro atoms.